The fourth-order valence-corrected chi connectivity index (χ4v) is 1.47. The van der Waals surface area contributed by atoms with Gasteiger partial charge in [-0.1, -0.05) is 33.3 Å². The largest absolute Gasteiger partial charge is 0.355 e. The van der Waals surface area contributed by atoms with E-state index in [4.69, 9.17) is 11.6 Å². The third kappa shape index (κ3) is 2.40. The summed E-state index contributed by atoms with van der Waals surface area (Å²) < 4.78 is 3.65. The summed E-state index contributed by atoms with van der Waals surface area (Å²) in [5.74, 6) is 0. The summed E-state index contributed by atoms with van der Waals surface area (Å²) in [5, 5.41) is 11.8. The van der Waals surface area contributed by atoms with Crippen LogP contribution in [-0.4, -0.2) is 14.8 Å². The van der Waals surface area contributed by atoms with Crippen LogP contribution in [0.1, 0.15) is 5.56 Å². The van der Waals surface area contributed by atoms with E-state index in [0.29, 0.717) is 6.54 Å². The molecule has 1 heterocycles. The first-order valence-electron chi connectivity index (χ1n) is 3.98. The molecule has 0 bridgehead atoms. The van der Waals surface area contributed by atoms with Gasteiger partial charge in [-0.2, -0.15) is 0 Å². The molecule has 2 rings (SSSR count). The number of nitrogens with zero attached hydrogens (tertiary/aromatic N) is 3. The number of hydrogen-bond donors (Lipinski definition) is 1. The van der Waals surface area contributed by atoms with E-state index < -0.39 is 0 Å². The molecule has 0 atom stereocenters. The lowest BCUT2D eigenvalue weighted by Crippen LogP contribution is -1.98. The number of halogens is 1. The summed E-state index contributed by atoms with van der Waals surface area (Å²) in [6.45, 7) is 0.702. The molecule has 14 heavy (non-hydrogen) atoms. The Balaban J connectivity index is 1.95. The lowest BCUT2D eigenvalue weighted by molar-refractivity contribution is 0.951. The van der Waals surface area contributed by atoms with Gasteiger partial charge in [-0.25, -0.2) is 0 Å². The minimum atomic E-state index is 0.702. The van der Waals surface area contributed by atoms with E-state index in [0.717, 1.165) is 15.7 Å². The highest BCUT2D eigenvalue weighted by Gasteiger charge is 1.97. The second-order valence-electron chi connectivity index (χ2n) is 2.65. The van der Waals surface area contributed by atoms with Gasteiger partial charge in [0.1, 0.15) is 0 Å². The van der Waals surface area contributed by atoms with Gasteiger partial charge in [-0.3, -0.25) is 0 Å². The Labute approximate surface area is 90.1 Å². The number of anilines is 1. The maximum Gasteiger partial charge on any atom is 0.225 e. The quantitative estimate of drug-likeness (QED) is 0.872. The summed E-state index contributed by atoms with van der Waals surface area (Å²) >= 11 is 7.00. The number of benzene rings is 1. The zero-order valence-corrected chi connectivity index (χ0v) is 8.72. The van der Waals surface area contributed by atoms with Gasteiger partial charge in [0.05, 0.1) is 0 Å². The number of hydrogen-bond acceptors (Lipinski definition) is 5. The topological polar surface area (TPSA) is 50.7 Å². The van der Waals surface area contributed by atoms with Crippen LogP contribution in [0.4, 0.5) is 5.13 Å². The standard InChI is InChI=1S/C8H7ClN4S/c9-7-3-1-6(2-4-7)5-10-8-11-12-13-14-8/h1-4H,5H2,(H,10,11,13). The Morgan fingerprint density at radius 2 is 2.07 bits per heavy atom. The van der Waals surface area contributed by atoms with Crippen molar-refractivity contribution in [3.05, 3.63) is 34.9 Å². The van der Waals surface area contributed by atoms with Crippen LogP contribution in [0.3, 0.4) is 0 Å². The Hall–Kier alpha value is -1.20. The van der Waals surface area contributed by atoms with Gasteiger partial charge in [0, 0.05) is 23.1 Å². The fourth-order valence-electron chi connectivity index (χ4n) is 0.982. The van der Waals surface area contributed by atoms with Crippen molar-refractivity contribution >= 4 is 28.3 Å². The second kappa shape index (κ2) is 4.34. The average molecular weight is 227 g/mol. The third-order valence-corrected chi connectivity index (χ3v) is 2.46. The molecule has 0 aliphatic rings. The smallest absolute Gasteiger partial charge is 0.225 e. The highest BCUT2D eigenvalue weighted by Crippen LogP contribution is 2.11. The van der Waals surface area contributed by atoms with Crippen LogP contribution in [0.15, 0.2) is 24.3 Å². The minimum absolute atomic E-state index is 0.702. The van der Waals surface area contributed by atoms with Gasteiger partial charge in [0.2, 0.25) is 5.13 Å². The Morgan fingerprint density at radius 3 is 2.71 bits per heavy atom. The fraction of sp³-hybridized carbons (Fsp3) is 0.125. The zero-order chi connectivity index (χ0) is 9.80. The number of nitrogens with one attached hydrogen (secondary N) is 1. The van der Waals surface area contributed by atoms with E-state index in [2.05, 4.69) is 20.1 Å². The van der Waals surface area contributed by atoms with Crippen LogP contribution >= 0.6 is 23.1 Å². The molecular formula is C8H7ClN4S. The summed E-state index contributed by atoms with van der Waals surface area (Å²) in [5.41, 5.74) is 1.14. The highest BCUT2D eigenvalue weighted by molar-refractivity contribution is 7.09. The summed E-state index contributed by atoms with van der Waals surface area (Å²) in [6.07, 6.45) is 0. The van der Waals surface area contributed by atoms with Crippen molar-refractivity contribution in [2.24, 2.45) is 0 Å². The number of aromatic nitrogens is 3. The zero-order valence-electron chi connectivity index (χ0n) is 7.14. The van der Waals surface area contributed by atoms with Crippen LogP contribution in [-0.2, 0) is 6.54 Å². The van der Waals surface area contributed by atoms with E-state index in [1.54, 1.807) is 0 Å². The SMILES string of the molecule is Clc1ccc(CNc2nnns2)cc1. The van der Waals surface area contributed by atoms with E-state index in [-0.39, 0.29) is 0 Å². The molecule has 6 heteroatoms. The molecule has 0 unspecified atom stereocenters. The molecule has 2 aromatic rings. The van der Waals surface area contributed by atoms with Crippen molar-refractivity contribution < 1.29 is 0 Å². The van der Waals surface area contributed by atoms with Crippen molar-refractivity contribution in [1.82, 2.24) is 14.8 Å². The molecule has 0 amide bonds. The Morgan fingerprint density at radius 1 is 1.29 bits per heavy atom. The minimum Gasteiger partial charge on any atom is -0.355 e. The predicted octanol–water partition coefficient (Wildman–Crippen LogP) is 2.20. The lowest BCUT2D eigenvalue weighted by Gasteiger charge is -2.01. The van der Waals surface area contributed by atoms with Gasteiger partial charge in [0.25, 0.3) is 0 Å². The first kappa shape index (κ1) is 9.36. The molecule has 1 aromatic heterocycles. The molecular weight excluding hydrogens is 220 g/mol. The van der Waals surface area contributed by atoms with Crippen LogP contribution in [0.25, 0.3) is 0 Å². The molecule has 0 radical (unpaired) electrons. The second-order valence-corrected chi connectivity index (χ2v) is 3.82. The third-order valence-electron chi connectivity index (χ3n) is 1.66. The first-order valence-corrected chi connectivity index (χ1v) is 5.13. The van der Waals surface area contributed by atoms with E-state index in [9.17, 15) is 0 Å². The maximum atomic E-state index is 5.76. The monoisotopic (exact) mass is 226 g/mol. The Kier molecular flexibility index (Phi) is 2.90. The molecule has 0 spiro atoms. The molecule has 72 valence electrons. The van der Waals surface area contributed by atoms with Gasteiger partial charge in [-0.05, 0) is 22.9 Å². The maximum absolute atomic E-state index is 5.76. The number of rotatable bonds is 3. The van der Waals surface area contributed by atoms with Crippen molar-refractivity contribution in [2.75, 3.05) is 5.32 Å². The van der Waals surface area contributed by atoms with Gasteiger partial charge in [-0.15, -0.1) is 0 Å². The molecule has 0 aliphatic carbocycles. The summed E-state index contributed by atoms with van der Waals surface area (Å²) in [6, 6.07) is 7.64. The predicted molar refractivity (Wildman–Crippen MR) is 56.5 cm³/mol. The lowest BCUT2D eigenvalue weighted by atomic mass is 10.2. The normalized spacial score (nSPS) is 10.1. The van der Waals surface area contributed by atoms with Crippen LogP contribution in [0.2, 0.25) is 5.02 Å². The first-order chi connectivity index (χ1) is 6.84. The van der Waals surface area contributed by atoms with Gasteiger partial charge < -0.3 is 5.32 Å². The molecule has 1 aromatic carbocycles. The van der Waals surface area contributed by atoms with Gasteiger partial charge in [0.15, 0.2) is 0 Å². The van der Waals surface area contributed by atoms with Crippen LogP contribution < -0.4 is 5.32 Å². The summed E-state index contributed by atoms with van der Waals surface area (Å²) in [4.78, 5) is 0. The molecule has 0 fully saturated rings. The molecule has 0 saturated carbocycles. The van der Waals surface area contributed by atoms with Crippen LogP contribution in [0.5, 0.6) is 0 Å². The van der Waals surface area contributed by atoms with Crippen molar-refractivity contribution in [3.8, 4) is 0 Å². The summed E-state index contributed by atoms with van der Waals surface area (Å²) in [7, 11) is 0. The molecule has 0 aliphatic heterocycles. The molecule has 4 nitrogen and oxygen atoms in total. The molecule has 0 saturated heterocycles. The average Bonchev–Trinajstić information content (AvgIpc) is 2.70. The van der Waals surface area contributed by atoms with Crippen LogP contribution in [0, 0.1) is 0 Å². The highest BCUT2D eigenvalue weighted by atomic mass is 35.5. The van der Waals surface area contributed by atoms with Gasteiger partial charge >= 0.3 is 0 Å². The Bertz CT molecular complexity index is 386. The molecule has 1 N–H and O–H groups in total. The van der Waals surface area contributed by atoms with E-state index in [1.165, 1.54) is 11.5 Å². The van der Waals surface area contributed by atoms with E-state index in [1.807, 2.05) is 24.3 Å². The van der Waals surface area contributed by atoms with Crippen molar-refractivity contribution in [2.45, 2.75) is 6.54 Å². The van der Waals surface area contributed by atoms with Crippen molar-refractivity contribution in [1.29, 1.82) is 0 Å². The van der Waals surface area contributed by atoms with Crippen molar-refractivity contribution in [3.63, 3.8) is 0 Å². The van der Waals surface area contributed by atoms with E-state index >= 15 is 0 Å².